The highest BCUT2D eigenvalue weighted by atomic mass is 16.6. The van der Waals surface area contributed by atoms with Crippen molar-refractivity contribution in [1.82, 2.24) is 10.2 Å². The van der Waals surface area contributed by atoms with Gasteiger partial charge in [0.25, 0.3) is 0 Å². The number of nitrogens with one attached hydrogen (secondary N) is 1. The number of cyclic esters (lactones) is 1. The fraction of sp³-hybridized carbons (Fsp3) is 0.778. The number of aliphatic hydroxyl groups excluding tert-OH is 2. The largest absolute Gasteiger partial charge is 0.457 e. The van der Waals surface area contributed by atoms with Gasteiger partial charge in [-0.05, 0) is 69.9 Å². The average molecular weight is 665 g/mol. The third kappa shape index (κ3) is 13.3. The molecule has 11 nitrogen and oxygen atoms in total. The molecule has 0 aromatic carbocycles. The Morgan fingerprint density at radius 2 is 2.06 bits per heavy atom. The molecule has 0 aliphatic carbocycles. The van der Waals surface area contributed by atoms with Crippen molar-refractivity contribution in [1.29, 1.82) is 0 Å². The van der Waals surface area contributed by atoms with Crippen LogP contribution in [-0.4, -0.2) is 107 Å². The third-order valence-corrected chi connectivity index (χ3v) is 9.53. The molecule has 0 aromatic rings. The lowest BCUT2D eigenvalue weighted by Crippen LogP contribution is -2.44. The first-order valence-corrected chi connectivity index (χ1v) is 17.5. The van der Waals surface area contributed by atoms with Crippen molar-refractivity contribution in [2.75, 3.05) is 33.0 Å². The Balaban J connectivity index is 1.63. The molecule has 2 fully saturated rings. The molecule has 1 amide bonds. The fourth-order valence-electron chi connectivity index (χ4n) is 6.26. The number of epoxide rings is 1. The normalized spacial score (nSPS) is 33.3. The number of aliphatic hydroxyl groups is 3. The van der Waals surface area contributed by atoms with E-state index in [1.165, 1.54) is 0 Å². The van der Waals surface area contributed by atoms with Gasteiger partial charge < -0.3 is 39.6 Å². The summed E-state index contributed by atoms with van der Waals surface area (Å²) in [7, 11) is 0. The molecule has 11 heteroatoms. The topological polar surface area (TPSA) is 150 Å². The number of carbonyl (C=O) groups excluding carboxylic acids is 2. The molecule has 0 aromatic heterocycles. The van der Waals surface area contributed by atoms with Gasteiger partial charge in [-0.15, -0.1) is 0 Å². The Kier molecular flexibility index (Phi) is 15.9. The van der Waals surface area contributed by atoms with Gasteiger partial charge >= 0.3 is 12.1 Å². The highest BCUT2D eigenvalue weighted by Crippen LogP contribution is 2.36. The van der Waals surface area contributed by atoms with Gasteiger partial charge in [-0.25, -0.2) is 4.79 Å². The summed E-state index contributed by atoms with van der Waals surface area (Å²) >= 11 is 0. The molecule has 4 N–H and O–H groups in total. The summed E-state index contributed by atoms with van der Waals surface area (Å²) < 4.78 is 22.9. The molecular weight excluding hydrogens is 604 g/mol. The highest BCUT2D eigenvalue weighted by molar-refractivity contribution is 5.70. The van der Waals surface area contributed by atoms with Gasteiger partial charge in [0.15, 0.2) is 6.10 Å². The van der Waals surface area contributed by atoms with E-state index in [2.05, 4.69) is 23.2 Å². The van der Waals surface area contributed by atoms with E-state index in [0.29, 0.717) is 19.7 Å². The Labute approximate surface area is 281 Å². The number of hydrogen-bond acceptors (Lipinski definition) is 10. The lowest BCUT2D eigenvalue weighted by atomic mass is 9.88. The number of alkyl carbamates (subject to hydrolysis) is 1. The number of ether oxygens (including phenoxy) is 4. The smallest absolute Gasteiger partial charge is 0.407 e. The van der Waals surface area contributed by atoms with E-state index in [0.717, 1.165) is 44.5 Å². The second-order valence-corrected chi connectivity index (χ2v) is 14.0. The average Bonchev–Trinajstić information content (AvgIpc) is 3.80. The molecule has 47 heavy (non-hydrogen) atoms. The van der Waals surface area contributed by atoms with Crippen molar-refractivity contribution < 1.29 is 43.9 Å². The quantitative estimate of drug-likeness (QED) is 0.0740. The maximum atomic E-state index is 12.8. The zero-order chi connectivity index (χ0) is 34.6. The van der Waals surface area contributed by atoms with Crippen LogP contribution in [0.2, 0.25) is 0 Å². The summed E-state index contributed by atoms with van der Waals surface area (Å²) in [6.45, 7) is 15.1. The van der Waals surface area contributed by atoms with Crippen LogP contribution in [0.5, 0.6) is 0 Å². The molecule has 3 aliphatic heterocycles. The second-order valence-electron chi connectivity index (χ2n) is 14.0. The number of hydrogen-bond donors (Lipinski definition) is 4. The molecular formula is C36H60N2O9. The van der Waals surface area contributed by atoms with E-state index in [9.17, 15) is 24.9 Å². The van der Waals surface area contributed by atoms with E-state index in [1.54, 1.807) is 19.1 Å². The number of nitrogens with zero attached hydrogens (tertiary/aromatic N) is 1. The van der Waals surface area contributed by atoms with Gasteiger partial charge in [0.2, 0.25) is 0 Å². The van der Waals surface area contributed by atoms with E-state index in [4.69, 9.17) is 18.9 Å². The molecule has 0 saturated carbocycles. The SMILES string of the molecule is CCC(O)C(C)C1OC1CC(C)C=CC=C(C)C1OC(=O)CC(O)CCC(C)(O)C(OC(=O)NCCCN2CCCOC2)C=CC1C. The molecule has 0 bridgehead atoms. The standard InChI is InChI=1S/C36H60N2O9/c1-7-29(40)27(5)34-30(45-34)21-24(2)11-8-12-25(3)33-26(4)13-14-31(36(6,43)16-15-28(39)22-32(41)47-33)46-35(42)37-17-9-18-38-19-10-20-44-23-38/h8,11-14,24,26-31,33-34,39-40,43H,7,9-10,15-23H2,1-6H3,(H,37,42). The van der Waals surface area contributed by atoms with Crippen molar-refractivity contribution in [3.05, 3.63) is 36.0 Å². The number of allylic oxidation sites excluding steroid dienone is 3. The Hall–Kier alpha value is -2.28. The van der Waals surface area contributed by atoms with Crippen molar-refractivity contribution in [3.8, 4) is 0 Å². The van der Waals surface area contributed by atoms with Crippen LogP contribution in [0.15, 0.2) is 36.0 Å². The van der Waals surface area contributed by atoms with E-state index in [-0.39, 0.29) is 55.3 Å². The van der Waals surface area contributed by atoms with Gasteiger partial charge in [-0.2, -0.15) is 0 Å². The maximum Gasteiger partial charge on any atom is 0.407 e. The monoisotopic (exact) mass is 664 g/mol. The molecule has 3 rings (SSSR count). The zero-order valence-corrected chi connectivity index (χ0v) is 29.3. The Bertz CT molecular complexity index is 1070. The molecule has 0 radical (unpaired) electrons. The van der Waals surface area contributed by atoms with Gasteiger partial charge in [0.1, 0.15) is 11.7 Å². The van der Waals surface area contributed by atoms with E-state index in [1.807, 2.05) is 39.8 Å². The van der Waals surface area contributed by atoms with Gasteiger partial charge in [-0.1, -0.05) is 52.0 Å². The van der Waals surface area contributed by atoms with E-state index >= 15 is 0 Å². The summed E-state index contributed by atoms with van der Waals surface area (Å²) in [5.74, 6) is -0.477. The number of amides is 1. The van der Waals surface area contributed by atoms with Crippen LogP contribution in [-0.2, 0) is 23.7 Å². The van der Waals surface area contributed by atoms with Crippen LogP contribution in [0.4, 0.5) is 4.79 Å². The fourth-order valence-corrected chi connectivity index (χ4v) is 6.26. The van der Waals surface area contributed by atoms with Gasteiger partial charge in [0.05, 0.1) is 37.6 Å². The second kappa shape index (κ2) is 19.0. The van der Waals surface area contributed by atoms with Crippen molar-refractivity contribution in [3.63, 3.8) is 0 Å². The summed E-state index contributed by atoms with van der Waals surface area (Å²) in [5, 5.41) is 34.8. The maximum absolute atomic E-state index is 12.8. The van der Waals surface area contributed by atoms with Crippen molar-refractivity contribution in [2.45, 2.75) is 129 Å². The minimum absolute atomic E-state index is 0.0938. The van der Waals surface area contributed by atoms with Crippen LogP contribution in [0.25, 0.3) is 0 Å². The first-order chi connectivity index (χ1) is 22.3. The molecule has 3 heterocycles. The van der Waals surface area contributed by atoms with Crippen LogP contribution in [0, 0.1) is 17.8 Å². The first-order valence-electron chi connectivity index (χ1n) is 17.5. The Morgan fingerprint density at radius 3 is 2.77 bits per heavy atom. The lowest BCUT2D eigenvalue weighted by Gasteiger charge is -2.32. The first kappa shape index (κ1) is 39.2. The minimum Gasteiger partial charge on any atom is -0.457 e. The van der Waals surface area contributed by atoms with Gasteiger partial charge in [0, 0.05) is 38.1 Å². The van der Waals surface area contributed by atoms with Crippen molar-refractivity contribution in [2.24, 2.45) is 17.8 Å². The zero-order valence-electron chi connectivity index (χ0n) is 29.3. The summed E-state index contributed by atoms with van der Waals surface area (Å²) in [4.78, 5) is 27.7. The summed E-state index contributed by atoms with van der Waals surface area (Å²) in [6.07, 6.45) is 9.39. The van der Waals surface area contributed by atoms with Crippen LogP contribution in [0.1, 0.15) is 86.5 Å². The highest BCUT2D eigenvalue weighted by Gasteiger charge is 2.45. The Morgan fingerprint density at radius 1 is 1.30 bits per heavy atom. The van der Waals surface area contributed by atoms with Crippen LogP contribution >= 0.6 is 0 Å². The predicted molar refractivity (Wildman–Crippen MR) is 179 cm³/mol. The predicted octanol–water partition coefficient (Wildman–Crippen LogP) is 4.25. The van der Waals surface area contributed by atoms with Crippen LogP contribution < -0.4 is 5.32 Å². The van der Waals surface area contributed by atoms with Crippen LogP contribution in [0.3, 0.4) is 0 Å². The number of rotatable bonds is 13. The van der Waals surface area contributed by atoms with Crippen molar-refractivity contribution >= 4 is 12.1 Å². The third-order valence-electron chi connectivity index (χ3n) is 9.53. The number of esters is 1. The molecule has 3 aliphatic rings. The molecule has 10 atom stereocenters. The summed E-state index contributed by atoms with van der Waals surface area (Å²) in [6, 6.07) is 0. The lowest BCUT2D eigenvalue weighted by molar-refractivity contribution is -0.151. The molecule has 2 saturated heterocycles. The molecule has 0 spiro atoms. The summed E-state index contributed by atoms with van der Waals surface area (Å²) in [5.41, 5.74) is -0.662. The molecule has 268 valence electrons. The van der Waals surface area contributed by atoms with Gasteiger partial charge in [-0.3, -0.25) is 9.69 Å². The van der Waals surface area contributed by atoms with E-state index < -0.39 is 36.0 Å². The number of carbonyl (C=O) groups is 2. The minimum atomic E-state index is -1.47. The molecule has 10 unspecified atom stereocenters.